The Hall–Kier alpha value is -2.78. The topological polar surface area (TPSA) is 68.3 Å². The van der Waals surface area contributed by atoms with Crippen molar-refractivity contribution in [3.8, 4) is 11.6 Å². The van der Waals surface area contributed by atoms with Crippen LogP contribution in [0.2, 0.25) is 5.02 Å². The van der Waals surface area contributed by atoms with E-state index >= 15 is 0 Å². The molecule has 0 atom stereocenters. The summed E-state index contributed by atoms with van der Waals surface area (Å²) >= 11 is 5.80. The quantitative estimate of drug-likeness (QED) is 0.554. The Morgan fingerprint density at radius 1 is 1.03 bits per heavy atom. The molecule has 1 N–H and O–H groups in total. The summed E-state index contributed by atoms with van der Waals surface area (Å²) in [5.41, 5.74) is 0.223. The lowest BCUT2D eigenvalue weighted by atomic mass is 10.2. The number of aryl methyl sites for hydroxylation is 1. The molecular formula is C19H14ClF3N2O3S. The molecule has 152 valence electrons. The number of nitrogens with zero attached hydrogens (tertiary/aromatic N) is 1. The lowest BCUT2D eigenvalue weighted by Crippen LogP contribution is -2.12. The number of rotatable bonds is 5. The van der Waals surface area contributed by atoms with E-state index in [0.717, 1.165) is 5.56 Å². The van der Waals surface area contributed by atoms with E-state index < -0.39 is 21.8 Å². The van der Waals surface area contributed by atoms with Gasteiger partial charge in [0.05, 0.1) is 10.5 Å². The van der Waals surface area contributed by atoms with Crippen molar-refractivity contribution in [1.82, 2.24) is 4.98 Å². The number of halogens is 4. The lowest BCUT2D eigenvalue weighted by molar-refractivity contribution is -0.137. The van der Waals surface area contributed by atoms with Crippen molar-refractivity contribution in [2.24, 2.45) is 0 Å². The van der Waals surface area contributed by atoms with Gasteiger partial charge in [-0.25, -0.2) is 13.4 Å². The van der Waals surface area contributed by atoms with Gasteiger partial charge in [0, 0.05) is 11.9 Å². The van der Waals surface area contributed by atoms with Crippen LogP contribution in [0.15, 0.2) is 65.7 Å². The van der Waals surface area contributed by atoms with Crippen LogP contribution < -0.4 is 9.46 Å². The number of hydrogen-bond acceptors (Lipinski definition) is 4. The fraction of sp³-hybridized carbons (Fsp3) is 0.105. The van der Waals surface area contributed by atoms with Gasteiger partial charge >= 0.3 is 6.18 Å². The van der Waals surface area contributed by atoms with E-state index in [2.05, 4.69) is 9.71 Å². The predicted octanol–water partition coefficient (Wildman–Crippen LogP) is 5.66. The fourth-order valence-electron chi connectivity index (χ4n) is 2.29. The van der Waals surface area contributed by atoms with Gasteiger partial charge in [0.1, 0.15) is 10.8 Å². The molecule has 0 aliphatic rings. The molecule has 1 aromatic heterocycles. The Morgan fingerprint density at radius 2 is 1.66 bits per heavy atom. The number of ether oxygens (including phenoxy) is 1. The highest BCUT2D eigenvalue weighted by molar-refractivity contribution is 7.92. The Kier molecular flexibility index (Phi) is 5.72. The van der Waals surface area contributed by atoms with Crippen LogP contribution in [0.5, 0.6) is 11.6 Å². The van der Waals surface area contributed by atoms with Crippen LogP contribution in [0, 0.1) is 6.92 Å². The van der Waals surface area contributed by atoms with Gasteiger partial charge in [0.15, 0.2) is 0 Å². The van der Waals surface area contributed by atoms with Crippen molar-refractivity contribution in [1.29, 1.82) is 0 Å². The minimum atomic E-state index is -4.56. The molecule has 0 aliphatic heterocycles. The number of sulfonamides is 1. The molecule has 1 heterocycles. The maximum Gasteiger partial charge on any atom is 0.417 e. The zero-order chi connectivity index (χ0) is 21.2. The number of anilines is 1. The third kappa shape index (κ3) is 5.18. The Balaban J connectivity index is 1.73. The van der Waals surface area contributed by atoms with E-state index in [4.69, 9.17) is 16.3 Å². The highest BCUT2D eigenvalue weighted by Crippen LogP contribution is 2.34. The maximum absolute atomic E-state index is 12.7. The average Bonchev–Trinajstić information content (AvgIpc) is 2.64. The van der Waals surface area contributed by atoms with Gasteiger partial charge in [-0.1, -0.05) is 29.3 Å². The van der Waals surface area contributed by atoms with Crippen molar-refractivity contribution >= 4 is 27.3 Å². The number of nitrogens with one attached hydrogen (secondary N) is 1. The van der Waals surface area contributed by atoms with Crippen LogP contribution in [0.3, 0.4) is 0 Å². The van der Waals surface area contributed by atoms with Crippen molar-refractivity contribution in [3.63, 3.8) is 0 Å². The van der Waals surface area contributed by atoms with Gasteiger partial charge in [-0.15, -0.1) is 0 Å². The monoisotopic (exact) mass is 442 g/mol. The molecule has 0 amide bonds. The third-order valence-electron chi connectivity index (χ3n) is 3.79. The van der Waals surface area contributed by atoms with Gasteiger partial charge in [-0.05, 0) is 49.4 Å². The normalized spacial score (nSPS) is 11.9. The molecule has 5 nitrogen and oxygen atoms in total. The lowest BCUT2D eigenvalue weighted by Gasteiger charge is -2.11. The van der Waals surface area contributed by atoms with Crippen LogP contribution in [-0.4, -0.2) is 13.4 Å². The molecule has 29 heavy (non-hydrogen) atoms. The van der Waals surface area contributed by atoms with Crippen LogP contribution in [-0.2, 0) is 16.2 Å². The number of pyridine rings is 1. The summed E-state index contributed by atoms with van der Waals surface area (Å²) in [6, 6.07) is 12.8. The zero-order valence-corrected chi connectivity index (χ0v) is 16.4. The predicted molar refractivity (Wildman–Crippen MR) is 103 cm³/mol. The number of aromatic nitrogens is 1. The highest BCUT2D eigenvalue weighted by Gasteiger charge is 2.31. The first-order valence-electron chi connectivity index (χ1n) is 8.15. The molecule has 0 unspecified atom stereocenters. The van der Waals surface area contributed by atoms with Gasteiger partial charge in [-0.2, -0.15) is 13.2 Å². The van der Waals surface area contributed by atoms with E-state index in [-0.39, 0.29) is 27.2 Å². The van der Waals surface area contributed by atoms with E-state index in [1.165, 1.54) is 36.4 Å². The van der Waals surface area contributed by atoms with Crippen LogP contribution in [0.25, 0.3) is 0 Å². The van der Waals surface area contributed by atoms with Crippen LogP contribution in [0.1, 0.15) is 11.1 Å². The summed E-state index contributed by atoms with van der Waals surface area (Å²) in [4.78, 5) is 3.70. The first-order chi connectivity index (χ1) is 13.5. The summed E-state index contributed by atoms with van der Waals surface area (Å²) < 4.78 is 70.5. The second kappa shape index (κ2) is 7.92. The SMILES string of the molecule is Cc1ccc(S(=O)(=O)Nc2ccc(Oc3ncc(C(F)(F)F)cc3Cl)cc2)cc1. The van der Waals surface area contributed by atoms with Crippen LogP contribution in [0.4, 0.5) is 18.9 Å². The summed E-state index contributed by atoms with van der Waals surface area (Å²) in [6.45, 7) is 1.85. The molecular weight excluding hydrogens is 429 g/mol. The van der Waals surface area contributed by atoms with E-state index in [9.17, 15) is 21.6 Å². The minimum Gasteiger partial charge on any atom is -0.438 e. The van der Waals surface area contributed by atoms with Crippen molar-refractivity contribution in [2.75, 3.05) is 4.72 Å². The van der Waals surface area contributed by atoms with Crippen molar-refractivity contribution in [3.05, 3.63) is 76.9 Å². The van der Waals surface area contributed by atoms with Crippen molar-refractivity contribution < 1.29 is 26.3 Å². The molecule has 0 radical (unpaired) electrons. The van der Waals surface area contributed by atoms with Gasteiger partial charge in [-0.3, -0.25) is 4.72 Å². The van der Waals surface area contributed by atoms with Gasteiger partial charge < -0.3 is 4.74 Å². The van der Waals surface area contributed by atoms with Crippen molar-refractivity contribution in [2.45, 2.75) is 18.0 Å². The molecule has 0 spiro atoms. The summed E-state index contributed by atoms with van der Waals surface area (Å²) in [5.74, 6) is 0.0186. The minimum absolute atomic E-state index is 0.115. The number of benzene rings is 2. The van der Waals surface area contributed by atoms with E-state index in [1.807, 2.05) is 6.92 Å². The molecule has 10 heteroatoms. The molecule has 0 saturated heterocycles. The third-order valence-corrected chi connectivity index (χ3v) is 5.46. The second-order valence-corrected chi connectivity index (χ2v) is 8.14. The van der Waals surface area contributed by atoms with E-state index in [1.54, 1.807) is 12.1 Å². The smallest absolute Gasteiger partial charge is 0.417 e. The molecule has 0 bridgehead atoms. The first kappa shape index (κ1) is 20.9. The standard InChI is InChI=1S/C19H14ClF3N2O3S/c1-12-2-8-16(9-3-12)29(26,27)25-14-4-6-15(7-5-14)28-18-17(20)10-13(11-24-18)19(21,22)23/h2-11,25H,1H3. The maximum atomic E-state index is 12.7. The zero-order valence-electron chi connectivity index (χ0n) is 14.9. The van der Waals surface area contributed by atoms with E-state index in [0.29, 0.717) is 12.3 Å². The molecule has 3 aromatic rings. The largest absolute Gasteiger partial charge is 0.438 e. The molecule has 0 fully saturated rings. The van der Waals surface area contributed by atoms with Crippen LogP contribution >= 0.6 is 11.6 Å². The summed E-state index contributed by atoms with van der Waals surface area (Å²) in [7, 11) is -3.76. The highest BCUT2D eigenvalue weighted by atomic mass is 35.5. The number of hydrogen-bond donors (Lipinski definition) is 1. The van der Waals surface area contributed by atoms with Gasteiger partial charge in [0.2, 0.25) is 5.88 Å². The molecule has 0 aliphatic carbocycles. The molecule has 2 aromatic carbocycles. The summed E-state index contributed by atoms with van der Waals surface area (Å²) in [6.07, 6.45) is -3.95. The Morgan fingerprint density at radius 3 is 2.21 bits per heavy atom. The Bertz CT molecular complexity index is 1120. The molecule has 3 rings (SSSR count). The average molecular weight is 443 g/mol. The van der Waals surface area contributed by atoms with Gasteiger partial charge in [0.25, 0.3) is 10.0 Å². The Labute approximate surface area is 170 Å². The second-order valence-electron chi connectivity index (χ2n) is 6.05. The first-order valence-corrected chi connectivity index (χ1v) is 10.0. The fourth-order valence-corrected chi connectivity index (χ4v) is 3.55. The molecule has 0 saturated carbocycles. The summed E-state index contributed by atoms with van der Waals surface area (Å²) in [5, 5.41) is -0.302. The number of alkyl halides is 3.